The van der Waals surface area contributed by atoms with Crippen molar-refractivity contribution in [2.75, 3.05) is 41.6 Å². The maximum absolute atomic E-state index is 6.04. The molecule has 0 amide bonds. The Morgan fingerprint density at radius 1 is 0.376 bits per heavy atom. The molecule has 1 atom stereocenters. The first-order valence-electron chi connectivity index (χ1n) is 31.3. The number of thiophene rings is 1. The maximum Gasteiger partial charge on any atom is 0.209 e. The molecule has 0 bridgehead atoms. The van der Waals surface area contributed by atoms with Crippen LogP contribution in [-0.2, 0) is 54.4 Å². The highest BCUT2D eigenvalue weighted by Gasteiger charge is 2.39. The van der Waals surface area contributed by atoms with Gasteiger partial charge < -0.3 is 9.47 Å². The van der Waals surface area contributed by atoms with E-state index in [-0.39, 0.29) is 32.2 Å². The largest absolute Gasteiger partial charge is 0.496 e. The van der Waals surface area contributed by atoms with Crippen molar-refractivity contribution in [3.05, 3.63) is 228 Å². The normalized spacial score (nSPS) is 15.6. The van der Waals surface area contributed by atoms with Crippen LogP contribution in [0.15, 0.2) is 235 Å². The number of benzene rings is 8. The van der Waals surface area contributed by atoms with Gasteiger partial charge in [-0.25, -0.2) is 0 Å². The Balaban J connectivity index is 0.000000139. The van der Waals surface area contributed by atoms with Gasteiger partial charge in [-0.05, 0) is 202 Å². The average molecular weight is 1230 g/mol. The van der Waals surface area contributed by atoms with E-state index in [1.165, 1.54) is 144 Å². The van der Waals surface area contributed by atoms with Crippen LogP contribution < -0.4 is 9.47 Å². The molecule has 0 saturated carbocycles. The zero-order chi connectivity index (χ0) is 60.2. The molecule has 4 aliphatic heterocycles. The van der Waals surface area contributed by atoms with Crippen LogP contribution in [0.3, 0.4) is 0 Å². The fraction of sp³-hybridized carbons (Fsp3) is 0.359. The average Bonchev–Trinajstić information content (AvgIpc) is 2.73. The van der Waals surface area contributed by atoms with E-state index >= 15 is 0 Å². The number of rotatable bonds is 6. The van der Waals surface area contributed by atoms with Crippen LogP contribution in [0.5, 0.6) is 17.2 Å². The van der Waals surface area contributed by atoms with Gasteiger partial charge in [-0.3, -0.25) is 0 Å². The summed E-state index contributed by atoms with van der Waals surface area (Å²) in [6.07, 6.45) is 12.9. The van der Waals surface area contributed by atoms with Gasteiger partial charge >= 0.3 is 0 Å². The monoisotopic (exact) mass is 1230 g/mol. The van der Waals surface area contributed by atoms with E-state index in [4.69, 9.17) is 9.47 Å². The van der Waals surface area contributed by atoms with Crippen LogP contribution in [0.2, 0.25) is 0 Å². The van der Waals surface area contributed by atoms with Crippen molar-refractivity contribution < 1.29 is 9.47 Å². The van der Waals surface area contributed by atoms with Crippen LogP contribution in [0.25, 0.3) is 15.0 Å². The Bertz CT molecular complexity index is 3320. The van der Waals surface area contributed by atoms with Crippen molar-refractivity contribution in [2.45, 2.75) is 167 Å². The van der Waals surface area contributed by atoms with Crippen molar-refractivity contribution in [3.63, 3.8) is 0 Å². The lowest BCUT2D eigenvalue weighted by atomic mass is 9.87. The third kappa shape index (κ3) is 18.4. The molecule has 1 aromatic heterocycles. The van der Waals surface area contributed by atoms with Crippen molar-refractivity contribution in [2.24, 2.45) is 0 Å². The number of ether oxygens (including phenoxy) is 2. The molecule has 2 nitrogen and oxygen atoms in total. The molecule has 0 spiro atoms. The van der Waals surface area contributed by atoms with E-state index in [1.807, 2.05) is 38.1 Å². The molecule has 13 rings (SSSR count). The highest BCUT2D eigenvalue weighted by atomic mass is 32.2. The first-order chi connectivity index (χ1) is 41.2. The van der Waals surface area contributed by atoms with Crippen LogP contribution in [-0.4, -0.2) is 41.6 Å². The smallest absolute Gasteiger partial charge is 0.209 e. The predicted molar refractivity (Wildman–Crippen MR) is 381 cm³/mol. The Morgan fingerprint density at radius 2 is 0.753 bits per heavy atom. The second-order valence-electron chi connectivity index (χ2n) is 24.1. The van der Waals surface area contributed by atoms with Gasteiger partial charge in [0.05, 0.1) is 7.11 Å². The molecule has 85 heavy (non-hydrogen) atoms. The van der Waals surface area contributed by atoms with E-state index in [9.17, 15) is 0 Å². The van der Waals surface area contributed by atoms with Gasteiger partial charge in [0.1, 0.15) is 56.5 Å². The number of hydrogen-bond acceptors (Lipinski definition) is 2. The summed E-state index contributed by atoms with van der Waals surface area (Å²) in [5.41, 5.74) is 5.94. The lowest BCUT2D eigenvalue weighted by molar-refractivity contribution is 0.408. The summed E-state index contributed by atoms with van der Waals surface area (Å²) in [7, 11) is 3.45. The first kappa shape index (κ1) is 65.7. The van der Waals surface area contributed by atoms with E-state index in [0.29, 0.717) is 32.7 Å². The second kappa shape index (κ2) is 32.6. The Kier molecular flexibility index (Phi) is 25.2. The van der Waals surface area contributed by atoms with Gasteiger partial charge in [0.15, 0.2) is 40.7 Å². The van der Waals surface area contributed by atoms with Crippen LogP contribution in [0.4, 0.5) is 0 Å². The van der Waals surface area contributed by atoms with E-state index in [0.717, 1.165) is 17.2 Å². The molecule has 446 valence electrons. The van der Waals surface area contributed by atoms with Crippen molar-refractivity contribution >= 4 is 64.1 Å². The Labute approximate surface area is 528 Å². The molecule has 7 heteroatoms. The summed E-state index contributed by atoms with van der Waals surface area (Å²) >= 11 is 0. The molecule has 0 radical (unpaired) electrons. The fourth-order valence-electron chi connectivity index (χ4n) is 11.2. The van der Waals surface area contributed by atoms with Crippen molar-refractivity contribution in [1.82, 2.24) is 0 Å². The zero-order valence-electron chi connectivity index (χ0n) is 53.1. The van der Waals surface area contributed by atoms with Crippen LogP contribution in [0, 0.1) is 13.8 Å². The Morgan fingerprint density at radius 3 is 1.20 bits per heavy atom. The molecule has 1 unspecified atom stereocenters. The summed E-state index contributed by atoms with van der Waals surface area (Å²) in [5, 5.41) is 3.70. The van der Waals surface area contributed by atoms with Crippen LogP contribution in [0.1, 0.15) is 135 Å². The molecule has 0 N–H and O–H groups in total. The quantitative estimate of drug-likeness (QED) is 0.155. The summed E-state index contributed by atoms with van der Waals surface area (Å²) in [4.78, 5) is 9.99. The molecule has 5 heterocycles. The number of fused-ring (bicyclic) bond motifs is 3. The van der Waals surface area contributed by atoms with Crippen molar-refractivity contribution in [3.8, 4) is 22.1 Å². The molecule has 4 aliphatic rings. The van der Waals surface area contributed by atoms with Gasteiger partial charge in [0.25, 0.3) is 0 Å². The SMILES string of the molecule is CC.CC(C)(C)c1ccc(-[s+]2ccc3ccccc32)cc1.CC(C)(C)c1ccc([S+]2CCCCC2)cc1.COc1c(C)cc([S+]2CCCCC2)cc1C.c1ccc([S+]2CCCCC2)cc1.c1ccc([S+]2c3ccccc3Oc3ccccc32)cc1. The molecule has 3 saturated heterocycles. The van der Waals surface area contributed by atoms with Gasteiger partial charge in [-0.2, -0.15) is 0 Å². The minimum Gasteiger partial charge on any atom is -0.496 e. The lowest BCUT2D eigenvalue weighted by Crippen LogP contribution is -2.18. The maximum atomic E-state index is 6.04. The summed E-state index contributed by atoms with van der Waals surface area (Å²) < 4.78 is 12.9. The number of para-hydroxylation sites is 2. The molecular formula is C78H97O2S5+5. The standard InChI is InChI=1S/C18H13OS.C18H19S.C15H23S.C14H21OS.C11H15S.C2H6/c1-2-8-14(9-3-1)20-17-12-6-4-10-15(17)19-16-11-5-7-13-18(16)20;1-18(2,3)15-8-10-16(11-9-15)19-13-12-14-6-4-5-7-17(14)19;1-15(2,3)13-7-9-14(10-8-13)16-11-5-4-6-12-16;1-11-9-13(10-12(2)14(11)15-3)16-7-5-4-6-8-16;1-3-7-11(8-4-1)12-9-5-2-6-10-12;1-2/h1-13H;4-13H,1-3H3;7-10H,4-6,11-12H2,1-3H3;9-10H,4-8H2,1-3H3;1,3-4,7-8H,2,5-6,9-10H2;1-2H3/q5*+1;. The van der Waals surface area contributed by atoms with Gasteiger partial charge in [0, 0.05) is 54.6 Å². The molecule has 9 aromatic rings. The zero-order valence-corrected chi connectivity index (χ0v) is 57.2. The van der Waals surface area contributed by atoms with E-state index in [2.05, 4.69) is 237 Å². The number of methoxy groups -OCH3 is 1. The molecular weight excluding hydrogens is 1130 g/mol. The minimum atomic E-state index is -0.0829. The van der Waals surface area contributed by atoms with Gasteiger partial charge in [0.2, 0.25) is 9.79 Å². The fourth-order valence-corrected chi connectivity index (χ4v) is 22.4. The number of hydrogen-bond donors (Lipinski definition) is 0. The van der Waals surface area contributed by atoms with Crippen LogP contribution >= 0.6 is 10.5 Å². The first-order valence-corrected chi connectivity index (χ1v) is 38.5. The molecule has 3 fully saturated rings. The van der Waals surface area contributed by atoms with Gasteiger partial charge in [-0.15, -0.1) is 0 Å². The topological polar surface area (TPSA) is 18.5 Å². The molecule has 8 aromatic carbocycles. The Hall–Kier alpha value is -5.28. The predicted octanol–water partition coefficient (Wildman–Crippen LogP) is 22.3. The van der Waals surface area contributed by atoms with E-state index < -0.39 is 0 Å². The number of aryl methyl sites for hydroxylation is 2. The summed E-state index contributed by atoms with van der Waals surface area (Å²) in [5.74, 6) is 11.5. The highest BCUT2D eigenvalue weighted by Crippen LogP contribution is 2.47. The van der Waals surface area contributed by atoms with Gasteiger partial charge in [-0.1, -0.05) is 152 Å². The van der Waals surface area contributed by atoms with E-state index in [1.54, 1.807) is 21.8 Å². The lowest BCUT2D eigenvalue weighted by Gasteiger charge is -2.19. The minimum absolute atomic E-state index is 0.0829. The second-order valence-corrected chi connectivity index (χ2v) is 34.8. The highest BCUT2D eigenvalue weighted by molar-refractivity contribution is 7.98. The van der Waals surface area contributed by atoms with Crippen molar-refractivity contribution in [1.29, 1.82) is 0 Å². The summed E-state index contributed by atoms with van der Waals surface area (Å²) in [6.45, 7) is 21.9. The third-order valence-corrected chi connectivity index (χ3v) is 27.6. The molecule has 0 aliphatic carbocycles. The third-order valence-electron chi connectivity index (χ3n) is 15.8. The summed E-state index contributed by atoms with van der Waals surface area (Å²) in [6, 6.07) is 72.4.